The minimum atomic E-state index is 0.781. The van der Waals surface area contributed by atoms with Crippen molar-refractivity contribution >= 4 is 0 Å². The molecule has 13 heavy (non-hydrogen) atoms. The van der Waals surface area contributed by atoms with Gasteiger partial charge in [0.1, 0.15) is 0 Å². The maximum absolute atomic E-state index is 3.73. The van der Waals surface area contributed by atoms with Crippen LogP contribution in [-0.2, 0) is 0 Å². The van der Waals surface area contributed by atoms with Gasteiger partial charge in [-0.05, 0) is 51.0 Å². The van der Waals surface area contributed by atoms with Crippen molar-refractivity contribution in [2.45, 2.75) is 57.9 Å². The van der Waals surface area contributed by atoms with Crippen molar-refractivity contribution in [1.82, 2.24) is 5.32 Å². The second-order valence-corrected chi connectivity index (χ2v) is 5.04. The summed E-state index contributed by atoms with van der Waals surface area (Å²) in [5.41, 5.74) is 0. The second kappa shape index (κ2) is 4.45. The average Bonchev–Trinajstić information content (AvgIpc) is 2.52. The summed E-state index contributed by atoms with van der Waals surface area (Å²) < 4.78 is 0. The van der Waals surface area contributed by atoms with E-state index in [1.165, 1.54) is 51.5 Å². The Labute approximate surface area is 82.3 Å². The van der Waals surface area contributed by atoms with Crippen LogP contribution in [0.4, 0.5) is 0 Å². The van der Waals surface area contributed by atoms with Crippen molar-refractivity contribution in [3.05, 3.63) is 0 Å². The Morgan fingerprint density at radius 1 is 1.08 bits per heavy atom. The highest BCUT2D eigenvalue weighted by Crippen LogP contribution is 2.29. The number of hydrogen-bond donors (Lipinski definition) is 1. The van der Waals surface area contributed by atoms with E-state index in [1.54, 1.807) is 0 Å². The zero-order valence-electron chi connectivity index (χ0n) is 8.89. The van der Waals surface area contributed by atoms with Gasteiger partial charge in [0.15, 0.2) is 0 Å². The number of nitrogens with one attached hydrogen (secondary N) is 1. The molecule has 0 aromatic heterocycles. The fourth-order valence-corrected chi connectivity index (χ4v) is 2.67. The van der Waals surface area contributed by atoms with Crippen LogP contribution in [0.5, 0.6) is 0 Å². The highest BCUT2D eigenvalue weighted by Gasteiger charge is 2.23. The van der Waals surface area contributed by atoms with Crippen LogP contribution < -0.4 is 5.32 Å². The molecule has 76 valence electrons. The maximum atomic E-state index is 3.73. The standard InChI is InChI=1S/C12H23N/c1-10(12-7-2-3-8-12)13-9-11-5-4-6-11/h10-13H,2-9H2,1H3/t10-/m1/s1. The van der Waals surface area contributed by atoms with E-state index >= 15 is 0 Å². The van der Waals surface area contributed by atoms with Crippen molar-refractivity contribution in [1.29, 1.82) is 0 Å². The summed E-state index contributed by atoms with van der Waals surface area (Å²) in [7, 11) is 0. The summed E-state index contributed by atoms with van der Waals surface area (Å²) in [6.07, 6.45) is 10.3. The SMILES string of the molecule is C[C@@H](NCC1CCC1)C1CCCC1. The van der Waals surface area contributed by atoms with Crippen molar-refractivity contribution in [2.24, 2.45) is 11.8 Å². The molecule has 2 saturated carbocycles. The van der Waals surface area contributed by atoms with Crippen LogP contribution >= 0.6 is 0 Å². The molecule has 2 aliphatic rings. The highest BCUT2D eigenvalue weighted by molar-refractivity contribution is 4.79. The largest absolute Gasteiger partial charge is 0.314 e. The molecule has 0 aromatic carbocycles. The third kappa shape index (κ3) is 2.46. The Morgan fingerprint density at radius 3 is 2.31 bits per heavy atom. The molecule has 1 nitrogen and oxygen atoms in total. The Kier molecular flexibility index (Phi) is 3.26. The van der Waals surface area contributed by atoms with Gasteiger partial charge >= 0.3 is 0 Å². The van der Waals surface area contributed by atoms with Gasteiger partial charge < -0.3 is 5.32 Å². The lowest BCUT2D eigenvalue weighted by molar-refractivity contribution is 0.271. The average molecular weight is 181 g/mol. The van der Waals surface area contributed by atoms with Crippen molar-refractivity contribution < 1.29 is 0 Å². The summed E-state index contributed by atoms with van der Waals surface area (Å²) in [6.45, 7) is 3.67. The minimum absolute atomic E-state index is 0.781. The molecule has 0 heterocycles. The summed E-state index contributed by atoms with van der Waals surface area (Å²) >= 11 is 0. The van der Waals surface area contributed by atoms with Gasteiger partial charge in [-0.2, -0.15) is 0 Å². The molecule has 1 heteroatoms. The lowest BCUT2D eigenvalue weighted by Crippen LogP contribution is -2.37. The molecule has 0 bridgehead atoms. The first-order chi connectivity index (χ1) is 6.36. The molecule has 0 aliphatic heterocycles. The van der Waals surface area contributed by atoms with Crippen LogP contribution in [0.1, 0.15) is 51.9 Å². The predicted octanol–water partition coefficient (Wildman–Crippen LogP) is 2.95. The van der Waals surface area contributed by atoms with Crippen LogP contribution in [0.15, 0.2) is 0 Å². The van der Waals surface area contributed by atoms with Gasteiger partial charge in [0, 0.05) is 6.04 Å². The fourth-order valence-electron chi connectivity index (χ4n) is 2.67. The quantitative estimate of drug-likeness (QED) is 0.703. The maximum Gasteiger partial charge on any atom is 0.00671 e. The topological polar surface area (TPSA) is 12.0 Å². The molecule has 2 aliphatic carbocycles. The molecular weight excluding hydrogens is 158 g/mol. The molecule has 2 fully saturated rings. The summed E-state index contributed by atoms with van der Waals surface area (Å²) in [5.74, 6) is 2.00. The first-order valence-corrected chi connectivity index (χ1v) is 6.09. The van der Waals surface area contributed by atoms with Crippen LogP contribution in [0.25, 0.3) is 0 Å². The fraction of sp³-hybridized carbons (Fsp3) is 1.00. The first-order valence-electron chi connectivity index (χ1n) is 6.09. The Bertz CT molecular complexity index is 145. The van der Waals surface area contributed by atoms with Crippen molar-refractivity contribution in [3.8, 4) is 0 Å². The van der Waals surface area contributed by atoms with E-state index in [4.69, 9.17) is 0 Å². The van der Waals surface area contributed by atoms with E-state index < -0.39 is 0 Å². The van der Waals surface area contributed by atoms with Gasteiger partial charge in [-0.25, -0.2) is 0 Å². The molecule has 0 radical (unpaired) electrons. The molecule has 1 N–H and O–H groups in total. The number of hydrogen-bond acceptors (Lipinski definition) is 1. The molecule has 0 amide bonds. The van der Waals surface area contributed by atoms with Gasteiger partial charge in [0.25, 0.3) is 0 Å². The lowest BCUT2D eigenvalue weighted by atomic mass is 9.85. The van der Waals surface area contributed by atoms with Gasteiger partial charge in [0.2, 0.25) is 0 Å². The van der Waals surface area contributed by atoms with Crippen molar-refractivity contribution in [2.75, 3.05) is 6.54 Å². The Morgan fingerprint density at radius 2 is 1.77 bits per heavy atom. The Balaban J connectivity index is 1.62. The van der Waals surface area contributed by atoms with Gasteiger partial charge in [-0.3, -0.25) is 0 Å². The molecule has 0 unspecified atom stereocenters. The summed E-state index contributed by atoms with van der Waals surface area (Å²) in [4.78, 5) is 0. The van der Waals surface area contributed by atoms with Gasteiger partial charge in [0.05, 0.1) is 0 Å². The van der Waals surface area contributed by atoms with E-state index in [0.717, 1.165) is 17.9 Å². The van der Waals surface area contributed by atoms with E-state index in [2.05, 4.69) is 12.2 Å². The molecule has 0 spiro atoms. The smallest absolute Gasteiger partial charge is 0.00671 e. The zero-order chi connectivity index (χ0) is 9.10. The van der Waals surface area contributed by atoms with Gasteiger partial charge in [-0.1, -0.05) is 19.3 Å². The van der Waals surface area contributed by atoms with Crippen LogP contribution in [0.2, 0.25) is 0 Å². The van der Waals surface area contributed by atoms with Crippen LogP contribution in [-0.4, -0.2) is 12.6 Å². The third-order valence-corrected chi connectivity index (χ3v) is 4.06. The van der Waals surface area contributed by atoms with E-state index in [-0.39, 0.29) is 0 Å². The molecule has 0 saturated heterocycles. The second-order valence-electron chi connectivity index (χ2n) is 5.04. The monoisotopic (exact) mass is 181 g/mol. The third-order valence-electron chi connectivity index (χ3n) is 4.06. The summed E-state index contributed by atoms with van der Waals surface area (Å²) in [5, 5.41) is 3.73. The van der Waals surface area contributed by atoms with Crippen LogP contribution in [0, 0.1) is 11.8 Å². The van der Waals surface area contributed by atoms with Gasteiger partial charge in [-0.15, -0.1) is 0 Å². The van der Waals surface area contributed by atoms with E-state index in [0.29, 0.717) is 0 Å². The minimum Gasteiger partial charge on any atom is -0.314 e. The zero-order valence-corrected chi connectivity index (χ0v) is 8.89. The lowest BCUT2D eigenvalue weighted by Gasteiger charge is -2.29. The first kappa shape index (κ1) is 9.51. The molecule has 1 atom stereocenters. The summed E-state index contributed by atoms with van der Waals surface area (Å²) in [6, 6.07) is 0.781. The van der Waals surface area contributed by atoms with Crippen LogP contribution in [0.3, 0.4) is 0 Å². The molecular formula is C12H23N. The molecule has 0 aromatic rings. The normalized spacial score (nSPS) is 27.5. The highest BCUT2D eigenvalue weighted by atomic mass is 14.9. The molecule has 2 rings (SSSR count). The Hall–Kier alpha value is -0.0400. The number of rotatable bonds is 4. The predicted molar refractivity (Wildman–Crippen MR) is 56.8 cm³/mol. The van der Waals surface area contributed by atoms with Crippen molar-refractivity contribution in [3.63, 3.8) is 0 Å². The van der Waals surface area contributed by atoms with E-state index in [1.807, 2.05) is 0 Å². The van der Waals surface area contributed by atoms with E-state index in [9.17, 15) is 0 Å².